The van der Waals surface area contributed by atoms with Crippen LogP contribution in [0.5, 0.6) is 11.5 Å². The molecule has 4 rings (SSSR count). The lowest BCUT2D eigenvalue weighted by Gasteiger charge is -2.18. The minimum atomic E-state index is -0.466. The van der Waals surface area contributed by atoms with Gasteiger partial charge in [-0.15, -0.1) is 5.10 Å². The summed E-state index contributed by atoms with van der Waals surface area (Å²) in [6, 6.07) is 9.73. The maximum absolute atomic E-state index is 12.3. The quantitative estimate of drug-likeness (QED) is 0.723. The highest BCUT2D eigenvalue weighted by Crippen LogP contribution is 2.34. The molecule has 132 valence electrons. The predicted octanol–water partition coefficient (Wildman–Crippen LogP) is 4.07. The molecule has 2 aromatic carbocycles. The maximum atomic E-state index is 12.3. The maximum Gasteiger partial charge on any atom is 0.322 e. The number of carbonyl (C=O) groups is 1. The fourth-order valence-electron chi connectivity index (χ4n) is 2.42. The number of carbonyl (C=O) groups excluding carboxylic acids is 1. The van der Waals surface area contributed by atoms with E-state index in [1.165, 1.54) is 18.2 Å². The average Bonchev–Trinajstić information content (AvgIpc) is 3.09. The monoisotopic (exact) mass is 391 g/mol. The van der Waals surface area contributed by atoms with E-state index in [-0.39, 0.29) is 17.5 Å². The number of halogens is 2. The van der Waals surface area contributed by atoms with Crippen molar-refractivity contribution >= 4 is 35.1 Å². The number of nitrogens with one attached hydrogen (secondary N) is 1. The molecule has 3 aromatic rings. The van der Waals surface area contributed by atoms with Crippen LogP contribution >= 0.6 is 23.2 Å². The molecule has 26 heavy (non-hydrogen) atoms. The summed E-state index contributed by atoms with van der Waals surface area (Å²) < 4.78 is 16.5. The van der Waals surface area contributed by atoms with Crippen molar-refractivity contribution in [1.82, 2.24) is 10.2 Å². The Labute approximate surface area is 157 Å². The fourth-order valence-corrected chi connectivity index (χ4v) is 2.95. The van der Waals surface area contributed by atoms with Gasteiger partial charge in [0.05, 0.1) is 0 Å². The van der Waals surface area contributed by atoms with Crippen molar-refractivity contribution in [3.8, 4) is 23.0 Å². The number of amides is 1. The Morgan fingerprint density at radius 1 is 0.962 bits per heavy atom. The Morgan fingerprint density at radius 2 is 1.69 bits per heavy atom. The molecule has 1 aromatic heterocycles. The summed E-state index contributed by atoms with van der Waals surface area (Å²) in [5, 5.41) is 11.0. The molecule has 0 atom stereocenters. The Bertz CT molecular complexity index is 970. The number of anilines is 1. The minimum absolute atomic E-state index is 0.0454. The van der Waals surface area contributed by atoms with Gasteiger partial charge in [-0.1, -0.05) is 28.3 Å². The summed E-state index contributed by atoms with van der Waals surface area (Å²) in [6.45, 7) is 0.986. The van der Waals surface area contributed by atoms with E-state index in [0.717, 1.165) is 0 Å². The Balaban J connectivity index is 1.53. The molecular formula is C17H11Cl2N3O4. The van der Waals surface area contributed by atoms with Crippen LogP contribution < -0.4 is 14.8 Å². The zero-order chi connectivity index (χ0) is 18.1. The summed E-state index contributed by atoms with van der Waals surface area (Å²) in [5.74, 6) is 1.03. The molecule has 1 aliphatic heterocycles. The molecule has 0 spiro atoms. The molecule has 0 unspecified atom stereocenters. The molecule has 0 saturated carbocycles. The van der Waals surface area contributed by atoms with Gasteiger partial charge in [-0.25, -0.2) is 0 Å². The van der Waals surface area contributed by atoms with Crippen LogP contribution in [0.4, 0.5) is 6.01 Å². The summed E-state index contributed by atoms with van der Waals surface area (Å²) in [5.41, 5.74) is 0.926. The first-order valence-corrected chi connectivity index (χ1v) is 8.35. The summed E-state index contributed by atoms with van der Waals surface area (Å²) in [4.78, 5) is 12.3. The Hall–Kier alpha value is -2.77. The standard InChI is InChI=1S/C17H11Cl2N3O4/c18-11-5-10(6-12(19)8-11)15(23)20-17-22-21-16(26-17)9-1-2-13-14(7-9)25-4-3-24-13/h1-2,5-8H,3-4H2,(H,20,22,23). The van der Waals surface area contributed by atoms with E-state index in [9.17, 15) is 4.79 Å². The highest BCUT2D eigenvalue weighted by molar-refractivity contribution is 6.35. The number of rotatable bonds is 3. The van der Waals surface area contributed by atoms with E-state index in [2.05, 4.69) is 15.5 Å². The Morgan fingerprint density at radius 3 is 2.46 bits per heavy atom. The molecular weight excluding hydrogens is 381 g/mol. The molecule has 0 bridgehead atoms. The fraction of sp³-hybridized carbons (Fsp3) is 0.118. The largest absolute Gasteiger partial charge is 0.486 e. The van der Waals surface area contributed by atoms with E-state index in [4.69, 9.17) is 37.1 Å². The van der Waals surface area contributed by atoms with E-state index in [1.54, 1.807) is 18.2 Å². The lowest BCUT2D eigenvalue weighted by molar-refractivity contribution is 0.102. The smallest absolute Gasteiger partial charge is 0.322 e. The van der Waals surface area contributed by atoms with Crippen LogP contribution in [0.15, 0.2) is 40.8 Å². The van der Waals surface area contributed by atoms with Gasteiger partial charge in [-0.05, 0) is 36.4 Å². The SMILES string of the molecule is O=C(Nc1nnc(-c2ccc3c(c2)OCCO3)o1)c1cc(Cl)cc(Cl)c1. The zero-order valence-corrected chi connectivity index (χ0v) is 14.7. The first kappa shape index (κ1) is 16.7. The second-order valence-electron chi connectivity index (χ2n) is 5.38. The number of benzene rings is 2. The van der Waals surface area contributed by atoms with Gasteiger partial charge in [-0.2, -0.15) is 0 Å². The number of hydrogen-bond acceptors (Lipinski definition) is 6. The second kappa shape index (κ2) is 6.86. The van der Waals surface area contributed by atoms with Crippen molar-refractivity contribution in [2.24, 2.45) is 0 Å². The van der Waals surface area contributed by atoms with Gasteiger partial charge in [0.2, 0.25) is 5.89 Å². The first-order valence-electron chi connectivity index (χ1n) is 7.59. The molecule has 0 saturated heterocycles. The van der Waals surface area contributed by atoms with Crippen LogP contribution in [-0.4, -0.2) is 29.3 Å². The molecule has 1 N–H and O–H groups in total. The lowest BCUT2D eigenvalue weighted by Crippen LogP contribution is -2.15. The summed E-state index contributed by atoms with van der Waals surface area (Å²) in [6.07, 6.45) is 0. The molecule has 0 fully saturated rings. The number of fused-ring (bicyclic) bond motifs is 1. The number of nitrogens with zero attached hydrogens (tertiary/aromatic N) is 2. The third kappa shape index (κ3) is 3.44. The van der Waals surface area contributed by atoms with Crippen molar-refractivity contribution in [3.05, 3.63) is 52.0 Å². The summed E-state index contributed by atoms with van der Waals surface area (Å²) >= 11 is 11.8. The molecule has 0 aliphatic carbocycles. The third-order valence-electron chi connectivity index (χ3n) is 3.56. The van der Waals surface area contributed by atoms with Crippen LogP contribution in [-0.2, 0) is 0 Å². The molecule has 0 radical (unpaired) electrons. The minimum Gasteiger partial charge on any atom is -0.486 e. The van der Waals surface area contributed by atoms with Gasteiger partial charge in [0.1, 0.15) is 13.2 Å². The second-order valence-corrected chi connectivity index (χ2v) is 6.26. The molecule has 1 aliphatic rings. The van der Waals surface area contributed by atoms with E-state index < -0.39 is 5.91 Å². The number of hydrogen-bond donors (Lipinski definition) is 1. The lowest BCUT2D eigenvalue weighted by atomic mass is 10.2. The Kier molecular flexibility index (Phi) is 4.40. The van der Waals surface area contributed by atoms with Crippen molar-refractivity contribution in [2.45, 2.75) is 0 Å². The van der Waals surface area contributed by atoms with Gasteiger partial charge in [0.15, 0.2) is 11.5 Å². The van der Waals surface area contributed by atoms with E-state index >= 15 is 0 Å². The van der Waals surface area contributed by atoms with Crippen LogP contribution in [0.3, 0.4) is 0 Å². The van der Waals surface area contributed by atoms with Crippen LogP contribution in [0.2, 0.25) is 10.0 Å². The van der Waals surface area contributed by atoms with Gasteiger partial charge in [0, 0.05) is 21.2 Å². The van der Waals surface area contributed by atoms with E-state index in [0.29, 0.717) is 40.3 Å². The highest BCUT2D eigenvalue weighted by atomic mass is 35.5. The average molecular weight is 392 g/mol. The van der Waals surface area contributed by atoms with Gasteiger partial charge in [-0.3, -0.25) is 10.1 Å². The molecule has 2 heterocycles. The topological polar surface area (TPSA) is 86.5 Å². The zero-order valence-electron chi connectivity index (χ0n) is 13.2. The molecule has 9 heteroatoms. The van der Waals surface area contributed by atoms with Gasteiger partial charge in [0.25, 0.3) is 5.91 Å². The van der Waals surface area contributed by atoms with Crippen LogP contribution in [0.1, 0.15) is 10.4 Å². The normalized spacial score (nSPS) is 12.7. The molecule has 7 nitrogen and oxygen atoms in total. The van der Waals surface area contributed by atoms with Crippen molar-refractivity contribution in [3.63, 3.8) is 0 Å². The van der Waals surface area contributed by atoms with Gasteiger partial charge >= 0.3 is 6.01 Å². The highest BCUT2D eigenvalue weighted by Gasteiger charge is 2.17. The predicted molar refractivity (Wildman–Crippen MR) is 95.1 cm³/mol. The van der Waals surface area contributed by atoms with Gasteiger partial charge < -0.3 is 13.9 Å². The number of aromatic nitrogens is 2. The molecule has 1 amide bonds. The van der Waals surface area contributed by atoms with Crippen LogP contribution in [0.25, 0.3) is 11.5 Å². The number of ether oxygens (including phenoxy) is 2. The van der Waals surface area contributed by atoms with Crippen molar-refractivity contribution in [1.29, 1.82) is 0 Å². The third-order valence-corrected chi connectivity index (χ3v) is 4.00. The van der Waals surface area contributed by atoms with Crippen molar-refractivity contribution < 1.29 is 18.7 Å². The summed E-state index contributed by atoms with van der Waals surface area (Å²) in [7, 11) is 0. The first-order chi connectivity index (χ1) is 12.6. The van der Waals surface area contributed by atoms with Crippen molar-refractivity contribution in [2.75, 3.05) is 18.5 Å². The van der Waals surface area contributed by atoms with E-state index in [1.807, 2.05) is 0 Å². The van der Waals surface area contributed by atoms with Crippen LogP contribution in [0, 0.1) is 0 Å².